The fourth-order valence-electron chi connectivity index (χ4n) is 1.90. The van der Waals surface area contributed by atoms with Crippen LogP contribution in [-0.4, -0.2) is 17.4 Å². The van der Waals surface area contributed by atoms with E-state index in [1.54, 1.807) is 0 Å². The molecule has 0 aromatic heterocycles. The molecule has 1 rings (SSSR count). The van der Waals surface area contributed by atoms with Gasteiger partial charge in [-0.3, -0.25) is 0 Å². The normalized spacial score (nSPS) is 23.8. The van der Waals surface area contributed by atoms with Crippen LogP contribution in [0.2, 0.25) is 0 Å². The summed E-state index contributed by atoms with van der Waals surface area (Å²) in [4.78, 5) is 0. The minimum atomic E-state index is -4.45. The number of aliphatic hydroxyl groups excluding tert-OH is 1. The Bertz CT molecular complexity index is 167. The van der Waals surface area contributed by atoms with Crippen molar-refractivity contribution in [3.8, 4) is 0 Å². The standard InChI is InChI=1S/C9H15F3O/c1-2-8(4-3-5-8)6-7(13)9(10,11)12/h7,13H,2-6H2,1H3. The second kappa shape index (κ2) is 3.48. The van der Waals surface area contributed by atoms with Gasteiger partial charge in [-0.25, -0.2) is 0 Å². The van der Waals surface area contributed by atoms with Gasteiger partial charge in [0.2, 0.25) is 0 Å². The summed E-state index contributed by atoms with van der Waals surface area (Å²) in [6.45, 7) is 1.89. The molecule has 1 atom stereocenters. The van der Waals surface area contributed by atoms with Gasteiger partial charge < -0.3 is 5.11 Å². The third-order valence-electron chi connectivity index (χ3n) is 3.17. The highest BCUT2D eigenvalue weighted by atomic mass is 19.4. The van der Waals surface area contributed by atoms with Gasteiger partial charge in [0, 0.05) is 0 Å². The first kappa shape index (κ1) is 10.8. The van der Waals surface area contributed by atoms with Crippen molar-refractivity contribution in [1.29, 1.82) is 0 Å². The van der Waals surface area contributed by atoms with Gasteiger partial charge in [-0.15, -0.1) is 0 Å². The van der Waals surface area contributed by atoms with Gasteiger partial charge in [0.05, 0.1) is 0 Å². The predicted octanol–water partition coefficient (Wildman–Crippen LogP) is 2.88. The molecule has 0 aliphatic heterocycles. The Morgan fingerprint density at radius 1 is 1.38 bits per heavy atom. The van der Waals surface area contributed by atoms with Crippen molar-refractivity contribution in [2.75, 3.05) is 0 Å². The number of hydrogen-bond acceptors (Lipinski definition) is 1. The van der Waals surface area contributed by atoms with Gasteiger partial charge in [-0.1, -0.05) is 19.8 Å². The van der Waals surface area contributed by atoms with E-state index in [0.717, 1.165) is 25.7 Å². The molecule has 78 valence electrons. The van der Waals surface area contributed by atoms with E-state index in [0.29, 0.717) is 0 Å². The summed E-state index contributed by atoms with van der Waals surface area (Å²) in [5.74, 6) is 0. The molecule has 1 nitrogen and oxygen atoms in total. The Labute approximate surface area is 75.9 Å². The van der Waals surface area contributed by atoms with Crippen LogP contribution >= 0.6 is 0 Å². The number of aliphatic hydroxyl groups is 1. The molecule has 13 heavy (non-hydrogen) atoms. The largest absolute Gasteiger partial charge is 0.414 e. The zero-order valence-corrected chi connectivity index (χ0v) is 7.69. The van der Waals surface area contributed by atoms with E-state index >= 15 is 0 Å². The first-order chi connectivity index (χ1) is 5.90. The summed E-state index contributed by atoms with van der Waals surface area (Å²) in [5, 5.41) is 8.89. The van der Waals surface area contributed by atoms with Crippen molar-refractivity contribution in [3.05, 3.63) is 0 Å². The highest BCUT2D eigenvalue weighted by Crippen LogP contribution is 2.48. The van der Waals surface area contributed by atoms with Crippen LogP contribution in [0, 0.1) is 5.41 Å². The van der Waals surface area contributed by atoms with Gasteiger partial charge in [-0.2, -0.15) is 13.2 Å². The van der Waals surface area contributed by atoms with Crippen molar-refractivity contribution < 1.29 is 18.3 Å². The van der Waals surface area contributed by atoms with E-state index in [1.807, 2.05) is 6.92 Å². The lowest BCUT2D eigenvalue weighted by Crippen LogP contribution is -2.39. The van der Waals surface area contributed by atoms with Crippen LogP contribution in [0.3, 0.4) is 0 Å². The molecule has 1 aliphatic rings. The highest BCUT2D eigenvalue weighted by molar-refractivity contribution is 4.89. The molecule has 0 aromatic carbocycles. The van der Waals surface area contributed by atoms with Crippen molar-refractivity contribution in [2.45, 2.75) is 51.3 Å². The number of alkyl halides is 3. The van der Waals surface area contributed by atoms with E-state index in [4.69, 9.17) is 5.11 Å². The zero-order valence-electron chi connectivity index (χ0n) is 7.69. The molecule has 0 amide bonds. The minimum absolute atomic E-state index is 0.118. The average molecular weight is 196 g/mol. The van der Waals surface area contributed by atoms with Crippen LogP contribution in [0.25, 0.3) is 0 Å². The molecule has 0 radical (unpaired) electrons. The molecule has 0 aromatic rings. The van der Waals surface area contributed by atoms with Gasteiger partial charge >= 0.3 is 6.18 Å². The second-order valence-electron chi connectivity index (χ2n) is 3.97. The Morgan fingerprint density at radius 3 is 2.15 bits per heavy atom. The fraction of sp³-hybridized carbons (Fsp3) is 1.00. The summed E-state index contributed by atoms with van der Waals surface area (Å²) in [7, 11) is 0. The number of hydrogen-bond donors (Lipinski definition) is 1. The van der Waals surface area contributed by atoms with E-state index in [2.05, 4.69) is 0 Å². The van der Waals surface area contributed by atoms with Gasteiger partial charge in [0.1, 0.15) is 6.10 Å². The summed E-state index contributed by atoms with van der Waals surface area (Å²) >= 11 is 0. The first-order valence-electron chi connectivity index (χ1n) is 4.64. The van der Waals surface area contributed by atoms with Crippen LogP contribution in [0.15, 0.2) is 0 Å². The fourth-order valence-corrected chi connectivity index (χ4v) is 1.90. The number of rotatable bonds is 3. The maximum absolute atomic E-state index is 12.0. The molecule has 0 heterocycles. The van der Waals surface area contributed by atoms with Crippen molar-refractivity contribution in [2.24, 2.45) is 5.41 Å². The van der Waals surface area contributed by atoms with Crippen molar-refractivity contribution in [3.63, 3.8) is 0 Å². The van der Waals surface area contributed by atoms with Gasteiger partial charge in [0.25, 0.3) is 0 Å². The quantitative estimate of drug-likeness (QED) is 0.735. The predicted molar refractivity (Wildman–Crippen MR) is 43.3 cm³/mol. The average Bonchev–Trinajstić information content (AvgIpc) is 1.94. The van der Waals surface area contributed by atoms with Crippen molar-refractivity contribution >= 4 is 0 Å². The molecular weight excluding hydrogens is 181 g/mol. The molecule has 4 heteroatoms. The topological polar surface area (TPSA) is 20.2 Å². The van der Waals surface area contributed by atoms with E-state index < -0.39 is 12.3 Å². The van der Waals surface area contributed by atoms with Crippen LogP contribution in [-0.2, 0) is 0 Å². The lowest BCUT2D eigenvalue weighted by molar-refractivity contribution is -0.216. The molecule has 0 spiro atoms. The lowest BCUT2D eigenvalue weighted by Gasteiger charge is -2.42. The molecule has 1 fully saturated rings. The molecular formula is C9H15F3O. The third-order valence-corrected chi connectivity index (χ3v) is 3.17. The van der Waals surface area contributed by atoms with E-state index in [9.17, 15) is 13.2 Å². The Balaban J connectivity index is 2.47. The van der Waals surface area contributed by atoms with Crippen LogP contribution in [0.5, 0.6) is 0 Å². The van der Waals surface area contributed by atoms with Gasteiger partial charge in [0.15, 0.2) is 0 Å². The maximum atomic E-state index is 12.0. The Morgan fingerprint density at radius 2 is 1.92 bits per heavy atom. The van der Waals surface area contributed by atoms with E-state index in [1.165, 1.54) is 0 Å². The molecule has 1 saturated carbocycles. The van der Waals surface area contributed by atoms with Crippen LogP contribution < -0.4 is 0 Å². The Hall–Kier alpha value is -0.250. The van der Waals surface area contributed by atoms with Crippen molar-refractivity contribution in [1.82, 2.24) is 0 Å². The summed E-state index contributed by atoms with van der Waals surface area (Å²) in [6.07, 6.45) is -3.30. The smallest absolute Gasteiger partial charge is 0.384 e. The summed E-state index contributed by atoms with van der Waals surface area (Å²) < 4.78 is 36.1. The summed E-state index contributed by atoms with van der Waals surface area (Å²) in [5.41, 5.74) is -0.227. The van der Waals surface area contributed by atoms with E-state index in [-0.39, 0.29) is 11.8 Å². The molecule has 0 bridgehead atoms. The molecule has 1 N–H and O–H groups in total. The Kier molecular flexibility index (Phi) is 2.90. The second-order valence-corrected chi connectivity index (χ2v) is 3.97. The SMILES string of the molecule is CCC1(CC(O)C(F)(F)F)CCC1. The zero-order chi connectivity index (χ0) is 10.1. The molecule has 1 aliphatic carbocycles. The third kappa shape index (κ3) is 2.36. The monoisotopic (exact) mass is 196 g/mol. The highest BCUT2D eigenvalue weighted by Gasteiger charge is 2.45. The maximum Gasteiger partial charge on any atom is 0.414 e. The molecule has 1 unspecified atom stereocenters. The molecule has 0 saturated heterocycles. The lowest BCUT2D eigenvalue weighted by atomic mass is 9.64. The summed E-state index contributed by atoms with van der Waals surface area (Å²) in [6, 6.07) is 0. The number of halogens is 3. The minimum Gasteiger partial charge on any atom is -0.384 e. The van der Waals surface area contributed by atoms with Crippen LogP contribution in [0.1, 0.15) is 39.0 Å². The van der Waals surface area contributed by atoms with Gasteiger partial charge in [-0.05, 0) is 24.7 Å². The van der Waals surface area contributed by atoms with Crippen LogP contribution in [0.4, 0.5) is 13.2 Å². The first-order valence-corrected chi connectivity index (χ1v) is 4.64.